The number of rotatable bonds is 4. The largest absolute Gasteiger partial charge is 0.253 e. The smallest absolute Gasteiger partial charge is 0.117 e. The lowest BCUT2D eigenvalue weighted by atomic mass is 10.1. The van der Waals surface area contributed by atoms with Crippen molar-refractivity contribution in [1.29, 1.82) is 0 Å². The topological polar surface area (TPSA) is 155 Å². The van der Waals surface area contributed by atoms with Crippen molar-refractivity contribution in [2.24, 2.45) is 0 Å². The third-order valence-corrected chi connectivity index (χ3v) is 9.43. The maximum Gasteiger partial charge on any atom is 0.117 e. The zero-order chi connectivity index (χ0) is 35.6. The summed E-state index contributed by atoms with van der Waals surface area (Å²) in [5.74, 6) is 0. The lowest BCUT2D eigenvalue weighted by Gasteiger charge is -2.09. The van der Waals surface area contributed by atoms with Crippen LogP contribution >= 0.6 is 0 Å². The molecule has 0 unspecified atom stereocenters. The van der Waals surface area contributed by atoms with Gasteiger partial charge in [-0.15, -0.1) is 0 Å². The first-order valence-electron chi connectivity index (χ1n) is 17.1. The minimum atomic E-state index is 0.680. The number of fused-ring (bicyclic) bond motifs is 9. The van der Waals surface area contributed by atoms with Gasteiger partial charge in [0.05, 0.1) is 80.7 Å². The predicted octanol–water partition coefficient (Wildman–Crippen LogP) is 8.01. The van der Waals surface area contributed by atoms with Crippen molar-refractivity contribution in [3.8, 4) is 45.0 Å². The van der Waals surface area contributed by atoms with Gasteiger partial charge in [0.15, 0.2) is 0 Å². The van der Waals surface area contributed by atoms with Crippen molar-refractivity contribution in [1.82, 2.24) is 59.8 Å². The van der Waals surface area contributed by atoms with Crippen molar-refractivity contribution in [3.63, 3.8) is 0 Å². The SMILES string of the molecule is c1cc(-c2cnc3c(ccc4nccnc43)n2)cc(-c2cnc3c(ccc4nc(-c5cccc(-c6cnc7c(ccc8nccnc87)n6)c5)cnc43)n2)c1. The molecule has 11 aromatic rings. The van der Waals surface area contributed by atoms with E-state index < -0.39 is 0 Å². The lowest BCUT2D eigenvalue weighted by Crippen LogP contribution is -1.95. The van der Waals surface area contributed by atoms with Gasteiger partial charge in [-0.05, 0) is 48.5 Å². The summed E-state index contributed by atoms with van der Waals surface area (Å²) in [7, 11) is 0. The summed E-state index contributed by atoms with van der Waals surface area (Å²) >= 11 is 0. The van der Waals surface area contributed by atoms with Crippen LogP contribution < -0.4 is 0 Å². The normalized spacial score (nSPS) is 11.7. The molecule has 54 heavy (non-hydrogen) atoms. The van der Waals surface area contributed by atoms with E-state index in [1.807, 2.05) is 84.9 Å². The molecule has 6 heterocycles. The Morgan fingerprint density at radius 2 is 0.537 bits per heavy atom. The van der Waals surface area contributed by atoms with Crippen LogP contribution in [-0.4, -0.2) is 59.8 Å². The zero-order valence-corrected chi connectivity index (χ0v) is 28.1. The summed E-state index contributed by atoms with van der Waals surface area (Å²) in [4.78, 5) is 56.5. The Labute approximate surface area is 304 Å². The van der Waals surface area contributed by atoms with E-state index in [0.717, 1.165) is 100 Å². The molecule has 0 aliphatic carbocycles. The van der Waals surface area contributed by atoms with E-state index >= 15 is 0 Å². The fourth-order valence-electron chi connectivity index (χ4n) is 6.82. The molecular weight excluding hydrogens is 673 g/mol. The predicted molar refractivity (Wildman–Crippen MR) is 207 cm³/mol. The van der Waals surface area contributed by atoms with E-state index in [4.69, 9.17) is 39.9 Å². The summed E-state index contributed by atoms with van der Waals surface area (Å²) in [6, 6.07) is 27.7. The van der Waals surface area contributed by atoms with Crippen molar-refractivity contribution in [3.05, 3.63) is 135 Å². The van der Waals surface area contributed by atoms with Gasteiger partial charge in [-0.1, -0.05) is 36.4 Å². The van der Waals surface area contributed by atoms with Gasteiger partial charge in [-0.2, -0.15) is 0 Å². The van der Waals surface area contributed by atoms with E-state index in [1.165, 1.54) is 0 Å². The number of aromatic nitrogens is 12. The Hall–Kier alpha value is -7.86. The molecule has 0 radical (unpaired) electrons. The molecule has 0 saturated heterocycles. The molecule has 0 fully saturated rings. The van der Waals surface area contributed by atoms with Crippen molar-refractivity contribution in [2.75, 3.05) is 0 Å². The van der Waals surface area contributed by atoms with Gasteiger partial charge in [-0.25, -0.2) is 39.9 Å². The minimum absolute atomic E-state index is 0.680. The van der Waals surface area contributed by atoms with Gasteiger partial charge >= 0.3 is 0 Å². The van der Waals surface area contributed by atoms with E-state index in [1.54, 1.807) is 49.6 Å². The molecule has 0 spiro atoms. The van der Waals surface area contributed by atoms with Gasteiger partial charge in [-0.3, -0.25) is 19.9 Å². The highest BCUT2D eigenvalue weighted by molar-refractivity contribution is 6.02. The monoisotopic (exact) mass is 694 g/mol. The summed E-state index contributed by atoms with van der Waals surface area (Å²) in [5, 5.41) is 0. The molecule has 0 aliphatic rings. The van der Waals surface area contributed by atoms with Crippen LogP contribution in [0.1, 0.15) is 0 Å². The maximum atomic E-state index is 4.98. The van der Waals surface area contributed by atoms with Crippen molar-refractivity contribution >= 4 is 66.2 Å². The quantitative estimate of drug-likeness (QED) is 0.164. The Bertz CT molecular complexity index is 3090. The minimum Gasteiger partial charge on any atom is -0.253 e. The van der Waals surface area contributed by atoms with Crippen LogP contribution in [-0.2, 0) is 0 Å². The summed E-state index contributed by atoms with van der Waals surface area (Å²) in [6.07, 6.45) is 13.8. The van der Waals surface area contributed by atoms with E-state index in [-0.39, 0.29) is 0 Å². The molecule has 11 rings (SSSR count). The summed E-state index contributed by atoms with van der Waals surface area (Å²) in [6.45, 7) is 0. The molecule has 12 heteroatoms. The molecule has 12 nitrogen and oxygen atoms in total. The maximum absolute atomic E-state index is 4.98. The molecule has 0 N–H and O–H groups in total. The first kappa shape index (κ1) is 29.8. The second-order valence-electron chi connectivity index (χ2n) is 12.7. The summed E-state index contributed by atoms with van der Waals surface area (Å²) in [5.41, 5.74) is 15.4. The fourth-order valence-corrected chi connectivity index (χ4v) is 6.82. The van der Waals surface area contributed by atoms with Crippen LogP contribution in [0, 0.1) is 0 Å². The Morgan fingerprint density at radius 3 is 0.870 bits per heavy atom. The molecule has 250 valence electrons. The van der Waals surface area contributed by atoms with Crippen LogP contribution in [0.4, 0.5) is 0 Å². The van der Waals surface area contributed by atoms with Crippen LogP contribution in [0.5, 0.6) is 0 Å². The van der Waals surface area contributed by atoms with Gasteiger partial charge in [0.1, 0.15) is 33.1 Å². The number of hydrogen-bond donors (Lipinski definition) is 0. The molecular formula is C42H22N12. The third kappa shape index (κ3) is 4.93. The molecule has 6 aromatic heterocycles. The average molecular weight is 695 g/mol. The van der Waals surface area contributed by atoms with Crippen LogP contribution in [0.15, 0.2) is 135 Å². The van der Waals surface area contributed by atoms with Crippen LogP contribution in [0.3, 0.4) is 0 Å². The van der Waals surface area contributed by atoms with Crippen molar-refractivity contribution in [2.45, 2.75) is 0 Å². The standard InChI is InChI=1S/C42H22N12/c1-3-23(33-19-47-39-29(51-33)9-7-27-37(39)45-15-13-43-27)17-25(5-1)35-21-49-41-31(53-35)11-12-32-42(41)50-22-36(54-32)26-6-2-4-24(18-26)34-20-48-40-30(52-34)10-8-28-38(40)46-16-14-44-28/h1-22H. The first-order chi connectivity index (χ1) is 26.7. The van der Waals surface area contributed by atoms with E-state index in [9.17, 15) is 0 Å². The fraction of sp³-hybridized carbons (Fsp3) is 0. The Morgan fingerprint density at radius 1 is 0.259 bits per heavy atom. The van der Waals surface area contributed by atoms with Crippen LogP contribution in [0.2, 0.25) is 0 Å². The highest BCUT2D eigenvalue weighted by Gasteiger charge is 2.14. The van der Waals surface area contributed by atoms with Gasteiger partial charge < -0.3 is 0 Å². The van der Waals surface area contributed by atoms with E-state index in [2.05, 4.69) is 19.9 Å². The molecule has 0 bridgehead atoms. The van der Waals surface area contributed by atoms with Crippen LogP contribution in [0.25, 0.3) is 111 Å². The second-order valence-corrected chi connectivity index (χ2v) is 12.7. The number of hydrogen-bond acceptors (Lipinski definition) is 12. The lowest BCUT2D eigenvalue weighted by molar-refractivity contribution is 1.25. The number of nitrogens with zero attached hydrogens (tertiary/aromatic N) is 12. The highest BCUT2D eigenvalue weighted by Crippen LogP contribution is 2.31. The summed E-state index contributed by atoms with van der Waals surface area (Å²) < 4.78 is 0. The van der Waals surface area contributed by atoms with E-state index in [0.29, 0.717) is 11.0 Å². The van der Waals surface area contributed by atoms with Gasteiger partial charge in [0.2, 0.25) is 0 Å². The highest BCUT2D eigenvalue weighted by atomic mass is 14.9. The molecule has 0 atom stereocenters. The Kier molecular flexibility index (Phi) is 6.55. The second kappa shape index (κ2) is 11.9. The molecule has 0 aliphatic heterocycles. The Balaban J connectivity index is 0.904. The molecule has 0 amide bonds. The molecule has 5 aromatic carbocycles. The number of benzene rings is 5. The van der Waals surface area contributed by atoms with Gasteiger partial charge in [0, 0.05) is 47.0 Å². The van der Waals surface area contributed by atoms with Crippen molar-refractivity contribution < 1.29 is 0 Å². The first-order valence-corrected chi connectivity index (χ1v) is 17.1. The molecule has 0 saturated carbocycles. The zero-order valence-electron chi connectivity index (χ0n) is 28.1. The van der Waals surface area contributed by atoms with Gasteiger partial charge in [0.25, 0.3) is 0 Å². The average Bonchev–Trinajstić information content (AvgIpc) is 3.25. The third-order valence-electron chi connectivity index (χ3n) is 9.43.